The van der Waals surface area contributed by atoms with Crippen LogP contribution in [-0.4, -0.2) is 5.78 Å². The van der Waals surface area contributed by atoms with E-state index in [2.05, 4.69) is 27.4 Å². The lowest BCUT2D eigenvalue weighted by atomic mass is 9.47. The minimum absolute atomic E-state index is 0.309. The van der Waals surface area contributed by atoms with Gasteiger partial charge in [-0.05, 0) is 85.5 Å². The standard InChI is InChI=1S/C22H32O/c1-5-18-14(2)12-20-17-7-6-15-13-16(23)8-10-21(15,3)19(17)9-11-22(18,20)4/h13,17-20H,2,5-12H2,1,3-4H3/t17-,18-,19+,20+,21+,22-/m1/s1. The van der Waals surface area contributed by atoms with Crippen LogP contribution in [0.4, 0.5) is 0 Å². The molecule has 0 bridgehead atoms. The fourth-order valence-corrected chi connectivity index (χ4v) is 7.37. The highest BCUT2D eigenvalue weighted by atomic mass is 16.1. The molecule has 4 aliphatic rings. The molecule has 0 heterocycles. The summed E-state index contributed by atoms with van der Waals surface area (Å²) in [7, 11) is 0. The van der Waals surface area contributed by atoms with Crippen LogP contribution in [-0.2, 0) is 4.79 Å². The van der Waals surface area contributed by atoms with Crippen LogP contribution < -0.4 is 0 Å². The molecule has 3 fully saturated rings. The predicted octanol–water partition coefficient (Wildman–Crippen LogP) is 5.71. The van der Waals surface area contributed by atoms with Gasteiger partial charge in [0.25, 0.3) is 0 Å². The summed E-state index contributed by atoms with van der Waals surface area (Å²) in [5, 5.41) is 0. The second-order valence-electron chi connectivity index (χ2n) is 9.34. The first-order valence-electron chi connectivity index (χ1n) is 9.81. The largest absolute Gasteiger partial charge is 0.295 e. The van der Waals surface area contributed by atoms with Crippen molar-refractivity contribution in [3.8, 4) is 0 Å². The van der Waals surface area contributed by atoms with E-state index in [1.807, 2.05) is 6.08 Å². The van der Waals surface area contributed by atoms with Crippen molar-refractivity contribution in [2.24, 2.45) is 34.5 Å². The lowest BCUT2D eigenvalue weighted by Crippen LogP contribution is -2.50. The smallest absolute Gasteiger partial charge is 0.155 e. The van der Waals surface area contributed by atoms with Gasteiger partial charge in [0.1, 0.15) is 0 Å². The quantitative estimate of drug-likeness (QED) is 0.567. The molecule has 4 aliphatic carbocycles. The molecule has 0 spiro atoms. The van der Waals surface area contributed by atoms with E-state index in [0.29, 0.717) is 16.6 Å². The summed E-state index contributed by atoms with van der Waals surface area (Å²) in [5.74, 6) is 3.62. The summed E-state index contributed by atoms with van der Waals surface area (Å²) in [5.41, 5.74) is 3.83. The monoisotopic (exact) mass is 312 g/mol. The summed E-state index contributed by atoms with van der Waals surface area (Å²) in [4.78, 5) is 11.9. The second kappa shape index (κ2) is 5.07. The number of carbonyl (C=O) groups is 1. The van der Waals surface area contributed by atoms with Gasteiger partial charge < -0.3 is 0 Å². The van der Waals surface area contributed by atoms with Gasteiger partial charge >= 0.3 is 0 Å². The van der Waals surface area contributed by atoms with E-state index < -0.39 is 0 Å². The van der Waals surface area contributed by atoms with E-state index in [1.54, 1.807) is 0 Å². The van der Waals surface area contributed by atoms with Gasteiger partial charge in [-0.15, -0.1) is 0 Å². The Balaban J connectivity index is 1.69. The molecule has 0 N–H and O–H groups in total. The van der Waals surface area contributed by atoms with Crippen LogP contribution in [0.3, 0.4) is 0 Å². The minimum Gasteiger partial charge on any atom is -0.295 e. The third-order valence-corrected chi connectivity index (χ3v) is 8.58. The zero-order valence-electron chi connectivity index (χ0n) is 15.2. The topological polar surface area (TPSA) is 17.1 Å². The van der Waals surface area contributed by atoms with E-state index in [4.69, 9.17) is 0 Å². The van der Waals surface area contributed by atoms with E-state index >= 15 is 0 Å². The molecule has 126 valence electrons. The lowest BCUT2D eigenvalue weighted by molar-refractivity contribution is -0.117. The summed E-state index contributed by atoms with van der Waals surface area (Å²) in [6.07, 6.45) is 11.6. The van der Waals surface area contributed by atoms with Crippen molar-refractivity contribution in [1.82, 2.24) is 0 Å². The number of hydrogen-bond acceptors (Lipinski definition) is 1. The Bertz CT molecular complexity index is 585. The second-order valence-corrected chi connectivity index (χ2v) is 9.34. The highest BCUT2D eigenvalue weighted by Gasteiger charge is 2.59. The SMILES string of the molecule is C=C1C[C@H]2[C@@H]3CCC4=CC(=O)CC[C@]4(C)[C@H]3CC[C@]2(C)[C@@H]1CC. The Morgan fingerprint density at radius 2 is 1.96 bits per heavy atom. The Morgan fingerprint density at radius 1 is 1.17 bits per heavy atom. The maximum Gasteiger partial charge on any atom is 0.155 e. The van der Waals surface area contributed by atoms with Crippen LogP contribution in [0.2, 0.25) is 0 Å². The summed E-state index contributed by atoms with van der Waals surface area (Å²) in [6, 6.07) is 0. The molecule has 0 unspecified atom stereocenters. The van der Waals surface area contributed by atoms with Gasteiger partial charge in [-0.3, -0.25) is 4.79 Å². The first-order chi connectivity index (χ1) is 10.9. The molecule has 0 amide bonds. The Hall–Kier alpha value is -0.850. The van der Waals surface area contributed by atoms with Gasteiger partial charge in [0, 0.05) is 6.42 Å². The molecule has 0 aromatic rings. The molecular formula is C22H32O. The molecule has 0 aromatic carbocycles. The number of ketones is 1. The van der Waals surface area contributed by atoms with Gasteiger partial charge in [0.05, 0.1) is 0 Å². The van der Waals surface area contributed by atoms with Crippen molar-refractivity contribution in [2.75, 3.05) is 0 Å². The summed E-state index contributed by atoms with van der Waals surface area (Å²) < 4.78 is 0. The van der Waals surface area contributed by atoms with Gasteiger partial charge in [0.2, 0.25) is 0 Å². The molecule has 1 heteroatoms. The number of hydrogen-bond donors (Lipinski definition) is 0. The van der Waals surface area contributed by atoms with Crippen LogP contribution in [0.15, 0.2) is 23.8 Å². The zero-order valence-corrected chi connectivity index (χ0v) is 15.2. The normalized spacial score (nSPS) is 49.3. The molecule has 23 heavy (non-hydrogen) atoms. The van der Waals surface area contributed by atoms with E-state index in [-0.39, 0.29) is 0 Å². The molecule has 1 nitrogen and oxygen atoms in total. The van der Waals surface area contributed by atoms with E-state index in [0.717, 1.165) is 36.5 Å². The van der Waals surface area contributed by atoms with Crippen molar-refractivity contribution in [3.05, 3.63) is 23.8 Å². The van der Waals surface area contributed by atoms with E-state index in [9.17, 15) is 4.79 Å². The van der Waals surface area contributed by atoms with Crippen LogP contribution in [0.1, 0.15) is 72.1 Å². The molecule has 3 saturated carbocycles. The van der Waals surface area contributed by atoms with Crippen molar-refractivity contribution in [3.63, 3.8) is 0 Å². The molecule has 0 aliphatic heterocycles. The number of allylic oxidation sites excluding steroid dienone is 2. The average Bonchev–Trinajstić information content (AvgIpc) is 2.77. The molecule has 4 rings (SSSR count). The Morgan fingerprint density at radius 3 is 2.70 bits per heavy atom. The first kappa shape index (κ1) is 15.7. The molecule has 0 radical (unpaired) electrons. The fourth-order valence-electron chi connectivity index (χ4n) is 7.37. The number of rotatable bonds is 1. The maximum atomic E-state index is 11.9. The molecule has 0 aromatic heterocycles. The van der Waals surface area contributed by atoms with Crippen LogP contribution in [0.5, 0.6) is 0 Å². The molecule has 0 saturated heterocycles. The predicted molar refractivity (Wildman–Crippen MR) is 95.0 cm³/mol. The van der Waals surface area contributed by atoms with Crippen molar-refractivity contribution in [2.45, 2.75) is 72.1 Å². The maximum absolute atomic E-state index is 11.9. The Kier molecular flexibility index (Phi) is 3.45. The number of carbonyl (C=O) groups excluding carboxylic acids is 1. The van der Waals surface area contributed by atoms with Gasteiger partial charge in [-0.25, -0.2) is 0 Å². The molecule has 6 atom stereocenters. The van der Waals surface area contributed by atoms with Crippen molar-refractivity contribution < 1.29 is 4.79 Å². The summed E-state index contributed by atoms with van der Waals surface area (Å²) in [6.45, 7) is 11.9. The van der Waals surface area contributed by atoms with Gasteiger partial charge in [-0.2, -0.15) is 0 Å². The highest BCUT2D eigenvalue weighted by molar-refractivity contribution is 5.91. The highest BCUT2D eigenvalue weighted by Crippen LogP contribution is 2.67. The minimum atomic E-state index is 0.309. The molecular weight excluding hydrogens is 280 g/mol. The van der Waals surface area contributed by atoms with Crippen LogP contribution in [0.25, 0.3) is 0 Å². The lowest BCUT2D eigenvalue weighted by Gasteiger charge is -2.58. The third-order valence-electron chi connectivity index (χ3n) is 8.58. The first-order valence-corrected chi connectivity index (χ1v) is 9.81. The van der Waals surface area contributed by atoms with Crippen molar-refractivity contribution >= 4 is 5.78 Å². The fraction of sp³-hybridized carbons (Fsp3) is 0.773. The van der Waals surface area contributed by atoms with Gasteiger partial charge in [-0.1, -0.05) is 38.5 Å². The Labute approximate surface area is 141 Å². The summed E-state index contributed by atoms with van der Waals surface area (Å²) >= 11 is 0. The van der Waals surface area contributed by atoms with Crippen LogP contribution >= 0.6 is 0 Å². The van der Waals surface area contributed by atoms with E-state index in [1.165, 1.54) is 49.7 Å². The van der Waals surface area contributed by atoms with Crippen LogP contribution in [0, 0.1) is 34.5 Å². The van der Waals surface area contributed by atoms with Gasteiger partial charge in [0.15, 0.2) is 5.78 Å². The number of fused-ring (bicyclic) bond motifs is 5. The average molecular weight is 312 g/mol. The van der Waals surface area contributed by atoms with Crippen molar-refractivity contribution in [1.29, 1.82) is 0 Å². The third kappa shape index (κ3) is 2.01. The zero-order chi connectivity index (χ0) is 16.4.